The largest absolute Gasteiger partial charge is 0.573 e. The van der Waals surface area contributed by atoms with Gasteiger partial charge >= 0.3 is 6.36 Å². The molecule has 2 aromatic rings. The lowest BCUT2D eigenvalue weighted by Gasteiger charge is -2.14. The SMILES string of the molecule is CCOc1ccc(NS(=O)(=O)c2ccccc2OC(F)(F)F)cc1. The summed E-state index contributed by atoms with van der Waals surface area (Å²) in [4.78, 5) is -0.615. The van der Waals surface area contributed by atoms with E-state index in [1.807, 2.05) is 0 Å². The molecule has 0 atom stereocenters. The summed E-state index contributed by atoms with van der Waals surface area (Å²) in [5, 5.41) is 0. The Labute approximate surface area is 137 Å². The van der Waals surface area contributed by atoms with Crippen molar-refractivity contribution in [3.05, 3.63) is 48.5 Å². The number of ether oxygens (including phenoxy) is 2. The van der Waals surface area contributed by atoms with Crippen LogP contribution in [0.4, 0.5) is 18.9 Å². The molecule has 5 nitrogen and oxygen atoms in total. The number of para-hydroxylation sites is 1. The van der Waals surface area contributed by atoms with Gasteiger partial charge in [-0.1, -0.05) is 12.1 Å². The quantitative estimate of drug-likeness (QED) is 0.850. The zero-order valence-corrected chi connectivity index (χ0v) is 13.3. The fourth-order valence-corrected chi connectivity index (χ4v) is 3.07. The van der Waals surface area contributed by atoms with Crippen LogP contribution >= 0.6 is 0 Å². The molecule has 1 N–H and O–H groups in total. The number of alkyl halides is 3. The molecular weight excluding hydrogens is 347 g/mol. The number of hydrogen-bond acceptors (Lipinski definition) is 4. The number of sulfonamides is 1. The standard InChI is InChI=1S/C15H14F3NO4S/c1-2-22-12-9-7-11(8-10-12)19-24(20,21)14-6-4-3-5-13(14)23-15(16,17)18/h3-10,19H,2H2,1H3. The van der Waals surface area contributed by atoms with Crippen molar-refractivity contribution in [3.63, 3.8) is 0 Å². The highest BCUT2D eigenvalue weighted by Gasteiger charge is 2.34. The first kappa shape index (κ1) is 17.9. The molecule has 0 heterocycles. The molecule has 0 aliphatic rings. The fourth-order valence-electron chi connectivity index (χ4n) is 1.88. The lowest BCUT2D eigenvalue weighted by atomic mass is 10.3. The molecule has 24 heavy (non-hydrogen) atoms. The zero-order valence-electron chi connectivity index (χ0n) is 12.5. The van der Waals surface area contributed by atoms with Crippen LogP contribution in [0.2, 0.25) is 0 Å². The summed E-state index contributed by atoms with van der Waals surface area (Å²) in [7, 11) is -4.26. The van der Waals surface area contributed by atoms with Crippen LogP contribution in [0.5, 0.6) is 11.5 Å². The Bertz CT molecular complexity index is 789. The van der Waals surface area contributed by atoms with Crippen LogP contribution < -0.4 is 14.2 Å². The van der Waals surface area contributed by atoms with Crippen molar-refractivity contribution in [3.8, 4) is 11.5 Å². The second-order valence-corrected chi connectivity index (χ2v) is 6.21. The van der Waals surface area contributed by atoms with Crippen molar-refractivity contribution in [2.45, 2.75) is 18.2 Å². The van der Waals surface area contributed by atoms with E-state index in [1.54, 1.807) is 19.1 Å². The maximum Gasteiger partial charge on any atom is 0.573 e. The molecule has 0 unspecified atom stereocenters. The van der Waals surface area contributed by atoms with Crippen molar-refractivity contribution >= 4 is 15.7 Å². The summed E-state index contributed by atoms with van der Waals surface area (Å²) in [6, 6.07) is 10.5. The molecule has 0 spiro atoms. The van der Waals surface area contributed by atoms with Crippen molar-refractivity contribution in [2.75, 3.05) is 11.3 Å². The van der Waals surface area contributed by atoms with Crippen molar-refractivity contribution < 1.29 is 31.1 Å². The second kappa shape index (κ2) is 7.00. The molecule has 0 fully saturated rings. The molecule has 0 amide bonds. The average Bonchev–Trinajstić information content (AvgIpc) is 2.48. The predicted molar refractivity (Wildman–Crippen MR) is 81.5 cm³/mol. The van der Waals surface area contributed by atoms with Gasteiger partial charge in [0.25, 0.3) is 10.0 Å². The third kappa shape index (κ3) is 4.79. The second-order valence-electron chi connectivity index (χ2n) is 4.56. The Balaban J connectivity index is 2.27. The Morgan fingerprint density at radius 3 is 2.25 bits per heavy atom. The molecule has 0 saturated heterocycles. The fraction of sp³-hybridized carbons (Fsp3) is 0.200. The van der Waals surface area contributed by atoms with Crippen LogP contribution in [0.3, 0.4) is 0 Å². The Hall–Kier alpha value is -2.42. The highest BCUT2D eigenvalue weighted by molar-refractivity contribution is 7.92. The summed E-state index contributed by atoms with van der Waals surface area (Å²) >= 11 is 0. The number of benzene rings is 2. The van der Waals surface area contributed by atoms with E-state index in [4.69, 9.17) is 4.74 Å². The van der Waals surface area contributed by atoms with Gasteiger partial charge in [-0.2, -0.15) is 0 Å². The summed E-state index contributed by atoms with van der Waals surface area (Å²) in [5.74, 6) is -0.260. The van der Waals surface area contributed by atoms with Gasteiger partial charge < -0.3 is 9.47 Å². The van der Waals surface area contributed by atoms with Gasteiger partial charge in [0.05, 0.1) is 6.61 Å². The van der Waals surface area contributed by atoms with E-state index in [2.05, 4.69) is 9.46 Å². The lowest BCUT2D eigenvalue weighted by Crippen LogP contribution is -2.20. The molecule has 0 bridgehead atoms. The first-order valence-electron chi connectivity index (χ1n) is 6.82. The molecule has 0 saturated carbocycles. The van der Waals surface area contributed by atoms with Gasteiger partial charge in [0.1, 0.15) is 16.4 Å². The first-order valence-corrected chi connectivity index (χ1v) is 8.30. The minimum atomic E-state index is -5.00. The lowest BCUT2D eigenvalue weighted by molar-refractivity contribution is -0.275. The maximum absolute atomic E-state index is 12.4. The maximum atomic E-state index is 12.4. The van der Waals surface area contributed by atoms with Crippen LogP contribution in [-0.2, 0) is 10.0 Å². The molecule has 0 aliphatic carbocycles. The Morgan fingerprint density at radius 1 is 1.04 bits per heavy atom. The molecule has 2 aromatic carbocycles. The molecule has 0 aromatic heterocycles. The molecule has 0 radical (unpaired) electrons. The molecular formula is C15H14F3NO4S. The number of hydrogen-bond donors (Lipinski definition) is 1. The minimum absolute atomic E-state index is 0.181. The van der Waals surface area contributed by atoms with Crippen molar-refractivity contribution in [2.24, 2.45) is 0 Å². The van der Waals surface area contributed by atoms with Gasteiger partial charge in [-0.3, -0.25) is 4.72 Å². The number of halogens is 3. The van der Waals surface area contributed by atoms with Crippen molar-refractivity contribution in [1.29, 1.82) is 0 Å². The normalized spacial score (nSPS) is 11.8. The van der Waals surface area contributed by atoms with Gasteiger partial charge in [-0.05, 0) is 43.3 Å². The molecule has 2 rings (SSSR count). The van der Waals surface area contributed by atoms with Gasteiger partial charge in [-0.15, -0.1) is 13.2 Å². The van der Waals surface area contributed by atoms with Crippen LogP contribution in [0, 0.1) is 0 Å². The number of rotatable bonds is 6. The summed E-state index contributed by atoms with van der Waals surface area (Å²) in [6.07, 6.45) is -5.00. The van der Waals surface area contributed by atoms with Crippen LogP contribution in [0.15, 0.2) is 53.4 Å². The third-order valence-corrected chi connectivity index (χ3v) is 4.20. The highest BCUT2D eigenvalue weighted by Crippen LogP contribution is 2.30. The van der Waals surface area contributed by atoms with E-state index < -0.39 is 27.0 Å². The van der Waals surface area contributed by atoms with E-state index in [9.17, 15) is 21.6 Å². The van der Waals surface area contributed by atoms with Gasteiger partial charge in [0.2, 0.25) is 0 Å². The van der Waals surface area contributed by atoms with E-state index in [0.717, 1.165) is 12.1 Å². The molecule has 130 valence electrons. The van der Waals surface area contributed by atoms with Crippen LogP contribution in [0.25, 0.3) is 0 Å². The van der Waals surface area contributed by atoms with E-state index in [0.29, 0.717) is 12.4 Å². The summed E-state index contributed by atoms with van der Waals surface area (Å²) in [6.45, 7) is 2.25. The van der Waals surface area contributed by atoms with Crippen molar-refractivity contribution in [1.82, 2.24) is 0 Å². The van der Waals surface area contributed by atoms with Crippen LogP contribution in [-0.4, -0.2) is 21.4 Å². The monoisotopic (exact) mass is 361 g/mol. The van der Waals surface area contributed by atoms with E-state index in [1.165, 1.54) is 24.3 Å². The van der Waals surface area contributed by atoms with Gasteiger partial charge in [0, 0.05) is 5.69 Å². The van der Waals surface area contributed by atoms with E-state index >= 15 is 0 Å². The number of anilines is 1. The third-order valence-electron chi connectivity index (χ3n) is 2.78. The highest BCUT2D eigenvalue weighted by atomic mass is 32.2. The smallest absolute Gasteiger partial charge is 0.494 e. The Kier molecular flexibility index (Phi) is 5.23. The van der Waals surface area contributed by atoms with Crippen LogP contribution in [0.1, 0.15) is 6.92 Å². The zero-order chi connectivity index (χ0) is 17.8. The topological polar surface area (TPSA) is 64.6 Å². The summed E-state index contributed by atoms with van der Waals surface area (Å²) < 4.78 is 73.1. The van der Waals surface area contributed by atoms with Gasteiger partial charge in [-0.25, -0.2) is 8.42 Å². The Morgan fingerprint density at radius 2 is 1.67 bits per heavy atom. The molecule has 9 heteroatoms. The van der Waals surface area contributed by atoms with E-state index in [-0.39, 0.29) is 5.69 Å². The predicted octanol–water partition coefficient (Wildman–Crippen LogP) is 3.78. The number of nitrogens with one attached hydrogen (secondary N) is 1. The minimum Gasteiger partial charge on any atom is -0.494 e. The average molecular weight is 361 g/mol. The molecule has 0 aliphatic heterocycles. The summed E-state index contributed by atoms with van der Waals surface area (Å²) in [5.41, 5.74) is 0.181. The first-order chi connectivity index (χ1) is 11.2. The van der Waals surface area contributed by atoms with Gasteiger partial charge in [0.15, 0.2) is 0 Å².